The van der Waals surface area contributed by atoms with Gasteiger partial charge in [0.1, 0.15) is 0 Å². The number of aromatic amines is 1. The van der Waals surface area contributed by atoms with Gasteiger partial charge in [0.15, 0.2) is 0 Å². The normalized spacial score (nSPS) is 19.4. The molecule has 0 saturated carbocycles. The van der Waals surface area contributed by atoms with Crippen molar-refractivity contribution in [3.05, 3.63) is 35.0 Å². The maximum atomic E-state index is 9.22. The molecule has 1 heterocycles. The van der Waals surface area contributed by atoms with Crippen molar-refractivity contribution in [1.29, 1.82) is 5.26 Å². The fourth-order valence-corrected chi connectivity index (χ4v) is 2.73. The molecule has 0 fully saturated rings. The Morgan fingerprint density at radius 3 is 3.12 bits per heavy atom. The summed E-state index contributed by atoms with van der Waals surface area (Å²) in [5.74, 6) is 0.0827. The summed E-state index contributed by atoms with van der Waals surface area (Å²) >= 11 is 0. The summed E-state index contributed by atoms with van der Waals surface area (Å²) in [5.41, 5.74) is 4.97. The van der Waals surface area contributed by atoms with Crippen molar-refractivity contribution < 1.29 is 0 Å². The third kappa shape index (κ3) is 1.25. The third-order valence-corrected chi connectivity index (χ3v) is 3.50. The minimum absolute atomic E-state index is 0.0827. The molecular weight excluding hydrogens is 196 g/mol. The predicted octanol–water partition coefficient (Wildman–Crippen LogP) is 3.42. The van der Waals surface area contributed by atoms with Gasteiger partial charge in [0.05, 0.1) is 12.0 Å². The number of H-pyrrole nitrogens is 1. The average molecular weight is 210 g/mol. The van der Waals surface area contributed by atoms with Crippen LogP contribution >= 0.6 is 0 Å². The molecule has 80 valence electrons. The zero-order valence-electron chi connectivity index (χ0n) is 9.38. The SMILES string of the molecule is Cc1ccc2[nH]c3c(c2c1)C(C#N)CCC3. The third-order valence-electron chi connectivity index (χ3n) is 3.50. The minimum atomic E-state index is 0.0827. The Hall–Kier alpha value is -1.75. The zero-order valence-corrected chi connectivity index (χ0v) is 9.38. The fourth-order valence-electron chi connectivity index (χ4n) is 2.73. The van der Waals surface area contributed by atoms with Crippen LogP contribution in [0.3, 0.4) is 0 Å². The van der Waals surface area contributed by atoms with E-state index in [-0.39, 0.29) is 5.92 Å². The van der Waals surface area contributed by atoms with E-state index < -0.39 is 0 Å². The van der Waals surface area contributed by atoms with E-state index in [0.717, 1.165) is 19.3 Å². The quantitative estimate of drug-likeness (QED) is 0.711. The summed E-state index contributed by atoms with van der Waals surface area (Å²) in [6.45, 7) is 2.10. The van der Waals surface area contributed by atoms with Crippen LogP contribution in [0.15, 0.2) is 18.2 Å². The van der Waals surface area contributed by atoms with E-state index in [1.165, 1.54) is 27.7 Å². The van der Waals surface area contributed by atoms with Gasteiger partial charge in [-0.05, 0) is 43.9 Å². The molecule has 1 aromatic carbocycles. The molecule has 0 amide bonds. The number of nitriles is 1. The molecule has 2 aromatic rings. The van der Waals surface area contributed by atoms with Crippen LogP contribution in [0.4, 0.5) is 0 Å². The molecule has 1 N–H and O–H groups in total. The van der Waals surface area contributed by atoms with Gasteiger partial charge in [-0.3, -0.25) is 0 Å². The van der Waals surface area contributed by atoms with Gasteiger partial charge in [0, 0.05) is 16.6 Å². The van der Waals surface area contributed by atoms with Crippen molar-refractivity contribution in [1.82, 2.24) is 4.98 Å². The van der Waals surface area contributed by atoms with Gasteiger partial charge < -0.3 is 4.98 Å². The highest BCUT2D eigenvalue weighted by Crippen LogP contribution is 2.36. The molecule has 0 spiro atoms. The first-order chi connectivity index (χ1) is 7.79. The van der Waals surface area contributed by atoms with Gasteiger partial charge in [0.2, 0.25) is 0 Å². The highest BCUT2D eigenvalue weighted by Gasteiger charge is 2.24. The summed E-state index contributed by atoms with van der Waals surface area (Å²) in [7, 11) is 0. The van der Waals surface area contributed by atoms with Crippen molar-refractivity contribution in [2.24, 2.45) is 0 Å². The first kappa shape index (κ1) is 9.47. The zero-order chi connectivity index (χ0) is 11.1. The van der Waals surface area contributed by atoms with Gasteiger partial charge in [-0.1, -0.05) is 11.6 Å². The minimum Gasteiger partial charge on any atom is -0.358 e. The van der Waals surface area contributed by atoms with E-state index in [0.29, 0.717) is 0 Å². The standard InChI is InChI=1S/C14H14N2/c1-9-5-6-12-11(7-9)14-10(8-15)3-2-4-13(14)16-12/h5-7,10,16H,2-4H2,1H3. The van der Waals surface area contributed by atoms with Crippen LogP contribution in [0, 0.1) is 18.3 Å². The van der Waals surface area contributed by atoms with E-state index in [2.05, 4.69) is 36.2 Å². The van der Waals surface area contributed by atoms with Crippen LogP contribution < -0.4 is 0 Å². The van der Waals surface area contributed by atoms with Crippen LogP contribution in [0.1, 0.15) is 35.6 Å². The number of aryl methyl sites for hydroxylation is 2. The van der Waals surface area contributed by atoms with Crippen molar-refractivity contribution in [3.63, 3.8) is 0 Å². The Morgan fingerprint density at radius 2 is 2.31 bits per heavy atom. The largest absolute Gasteiger partial charge is 0.358 e. The maximum Gasteiger partial charge on any atom is 0.0736 e. The number of hydrogen-bond donors (Lipinski definition) is 1. The first-order valence-corrected chi connectivity index (χ1v) is 5.80. The van der Waals surface area contributed by atoms with Crippen LogP contribution in [0.25, 0.3) is 10.9 Å². The first-order valence-electron chi connectivity index (χ1n) is 5.80. The maximum absolute atomic E-state index is 9.22. The monoisotopic (exact) mass is 210 g/mol. The van der Waals surface area contributed by atoms with Crippen LogP contribution in [-0.2, 0) is 6.42 Å². The lowest BCUT2D eigenvalue weighted by atomic mass is 9.86. The Kier molecular flexibility index (Phi) is 2.00. The molecular formula is C14H14N2. The molecule has 1 aliphatic carbocycles. The Bertz CT molecular complexity index is 587. The number of nitrogens with zero attached hydrogens (tertiary/aromatic N) is 1. The lowest BCUT2D eigenvalue weighted by Gasteiger charge is -2.16. The van der Waals surface area contributed by atoms with E-state index in [1.54, 1.807) is 0 Å². The summed E-state index contributed by atoms with van der Waals surface area (Å²) < 4.78 is 0. The van der Waals surface area contributed by atoms with Gasteiger partial charge in [-0.15, -0.1) is 0 Å². The molecule has 1 aliphatic rings. The summed E-state index contributed by atoms with van der Waals surface area (Å²) in [4.78, 5) is 3.46. The summed E-state index contributed by atoms with van der Waals surface area (Å²) in [6.07, 6.45) is 3.21. The lowest BCUT2D eigenvalue weighted by molar-refractivity contribution is 0.633. The second kappa shape index (κ2) is 3.38. The predicted molar refractivity (Wildman–Crippen MR) is 64.3 cm³/mol. The van der Waals surface area contributed by atoms with Crippen molar-refractivity contribution >= 4 is 10.9 Å². The molecule has 2 nitrogen and oxygen atoms in total. The number of nitrogens with one attached hydrogen (secondary N) is 1. The summed E-state index contributed by atoms with van der Waals surface area (Å²) in [5, 5.41) is 10.5. The van der Waals surface area contributed by atoms with Crippen molar-refractivity contribution in [2.45, 2.75) is 32.1 Å². The molecule has 0 radical (unpaired) electrons. The Labute approximate surface area is 94.9 Å². The van der Waals surface area contributed by atoms with Crippen molar-refractivity contribution in [3.8, 4) is 6.07 Å². The fraction of sp³-hybridized carbons (Fsp3) is 0.357. The van der Waals surface area contributed by atoms with E-state index >= 15 is 0 Å². The van der Waals surface area contributed by atoms with E-state index in [1.807, 2.05) is 0 Å². The van der Waals surface area contributed by atoms with Gasteiger partial charge in [0.25, 0.3) is 0 Å². The molecule has 0 bridgehead atoms. The van der Waals surface area contributed by atoms with Gasteiger partial charge in [-0.2, -0.15) is 5.26 Å². The van der Waals surface area contributed by atoms with Gasteiger partial charge >= 0.3 is 0 Å². The molecule has 0 aliphatic heterocycles. The second-order valence-electron chi connectivity index (χ2n) is 4.64. The molecule has 3 rings (SSSR count). The molecule has 0 saturated heterocycles. The lowest BCUT2D eigenvalue weighted by Crippen LogP contribution is -2.06. The summed E-state index contributed by atoms with van der Waals surface area (Å²) in [6, 6.07) is 8.87. The topological polar surface area (TPSA) is 39.6 Å². The van der Waals surface area contributed by atoms with E-state index in [9.17, 15) is 5.26 Å². The molecule has 16 heavy (non-hydrogen) atoms. The number of rotatable bonds is 0. The highest BCUT2D eigenvalue weighted by atomic mass is 14.7. The van der Waals surface area contributed by atoms with Gasteiger partial charge in [-0.25, -0.2) is 0 Å². The molecule has 1 aromatic heterocycles. The van der Waals surface area contributed by atoms with Crippen LogP contribution in [0.2, 0.25) is 0 Å². The number of aromatic nitrogens is 1. The van der Waals surface area contributed by atoms with Crippen molar-refractivity contribution in [2.75, 3.05) is 0 Å². The molecule has 2 heteroatoms. The molecule has 1 atom stereocenters. The Morgan fingerprint density at radius 1 is 1.44 bits per heavy atom. The number of fused-ring (bicyclic) bond motifs is 3. The smallest absolute Gasteiger partial charge is 0.0736 e. The number of benzene rings is 1. The number of hydrogen-bond acceptors (Lipinski definition) is 1. The van der Waals surface area contributed by atoms with E-state index in [4.69, 9.17) is 0 Å². The van der Waals surface area contributed by atoms with Crippen LogP contribution in [0.5, 0.6) is 0 Å². The molecule has 1 unspecified atom stereocenters. The Balaban J connectivity index is 2.33. The average Bonchev–Trinajstić information content (AvgIpc) is 2.66. The second-order valence-corrected chi connectivity index (χ2v) is 4.64. The highest BCUT2D eigenvalue weighted by molar-refractivity contribution is 5.86. The van der Waals surface area contributed by atoms with Crippen LogP contribution in [-0.4, -0.2) is 4.98 Å².